The molecule has 0 amide bonds. The maximum absolute atomic E-state index is 6.61. The van der Waals surface area contributed by atoms with Gasteiger partial charge in [-0.2, -0.15) is 0 Å². The lowest BCUT2D eigenvalue weighted by atomic mass is 9.45. The summed E-state index contributed by atoms with van der Waals surface area (Å²) in [4.78, 5) is 0. The lowest BCUT2D eigenvalue weighted by Crippen LogP contribution is -2.54. The second-order valence-corrected chi connectivity index (χ2v) is 10.3. The summed E-state index contributed by atoms with van der Waals surface area (Å²) < 4.78 is 0. The zero-order valence-electron chi connectivity index (χ0n) is 13.6. The van der Waals surface area contributed by atoms with E-state index >= 15 is 0 Å². The lowest BCUT2D eigenvalue weighted by molar-refractivity contribution is -0.101. The molecule has 4 aliphatic carbocycles. The van der Waals surface area contributed by atoms with E-state index in [0.29, 0.717) is 10.8 Å². The van der Waals surface area contributed by atoms with E-state index in [1.165, 1.54) is 44.9 Å². The molecule has 0 N–H and O–H groups in total. The summed E-state index contributed by atoms with van der Waals surface area (Å²) in [7, 11) is 0. The van der Waals surface area contributed by atoms with Crippen LogP contribution >= 0.6 is 23.2 Å². The van der Waals surface area contributed by atoms with Crippen LogP contribution in [0.25, 0.3) is 0 Å². The van der Waals surface area contributed by atoms with Crippen LogP contribution in [0.15, 0.2) is 0 Å². The van der Waals surface area contributed by atoms with E-state index in [-0.39, 0.29) is 10.8 Å². The Labute approximate surface area is 140 Å². The second kappa shape index (κ2) is 5.04. The molecule has 0 saturated heterocycles. The van der Waals surface area contributed by atoms with Crippen LogP contribution in [0.1, 0.15) is 71.6 Å². The van der Waals surface area contributed by atoms with Crippen LogP contribution in [-0.2, 0) is 0 Å². The van der Waals surface area contributed by atoms with Crippen molar-refractivity contribution in [3.8, 4) is 0 Å². The standard InChI is InChI=1S/C19H30Cl2/c1-18-8-3-4-14(18)13-6-5-12-10-16(20)17(21)11-19(12,2)15(13)7-9-18/h12-17H,3-11H2,1-2H3/t12-,13+,14-,15-,16+,17+,18-,19-/m0/s1. The summed E-state index contributed by atoms with van der Waals surface area (Å²) in [5.41, 5.74) is 1.15. The number of alkyl halides is 2. The van der Waals surface area contributed by atoms with E-state index in [2.05, 4.69) is 13.8 Å². The van der Waals surface area contributed by atoms with Crippen LogP contribution < -0.4 is 0 Å². The Morgan fingerprint density at radius 1 is 0.857 bits per heavy atom. The Balaban J connectivity index is 1.63. The molecule has 0 bridgehead atoms. The topological polar surface area (TPSA) is 0 Å². The molecule has 0 unspecified atom stereocenters. The van der Waals surface area contributed by atoms with E-state index < -0.39 is 0 Å². The molecule has 4 fully saturated rings. The van der Waals surface area contributed by atoms with E-state index in [9.17, 15) is 0 Å². The smallest absolute Gasteiger partial charge is 0.0505 e. The van der Waals surface area contributed by atoms with Crippen molar-refractivity contribution in [3.05, 3.63) is 0 Å². The average molecular weight is 329 g/mol. The normalized spacial score (nSPS) is 60.0. The largest absolute Gasteiger partial charge is 0.121 e. The highest BCUT2D eigenvalue weighted by Crippen LogP contribution is 2.66. The number of hydrogen-bond acceptors (Lipinski definition) is 0. The van der Waals surface area contributed by atoms with Gasteiger partial charge in [0.2, 0.25) is 0 Å². The van der Waals surface area contributed by atoms with Gasteiger partial charge in [0, 0.05) is 0 Å². The van der Waals surface area contributed by atoms with Crippen molar-refractivity contribution in [1.82, 2.24) is 0 Å². The Morgan fingerprint density at radius 2 is 1.67 bits per heavy atom. The molecular weight excluding hydrogens is 299 g/mol. The van der Waals surface area contributed by atoms with Crippen LogP contribution in [0.5, 0.6) is 0 Å². The molecule has 0 radical (unpaired) electrons. The third-order valence-electron chi connectivity index (χ3n) is 8.38. The van der Waals surface area contributed by atoms with Gasteiger partial charge in [-0.25, -0.2) is 0 Å². The van der Waals surface area contributed by atoms with Crippen LogP contribution in [0.3, 0.4) is 0 Å². The summed E-state index contributed by atoms with van der Waals surface area (Å²) in [5.74, 6) is 3.76. The van der Waals surface area contributed by atoms with Crippen molar-refractivity contribution in [2.75, 3.05) is 0 Å². The molecule has 0 heterocycles. The van der Waals surface area contributed by atoms with Gasteiger partial charge in [-0.05, 0) is 85.9 Å². The Morgan fingerprint density at radius 3 is 2.48 bits per heavy atom. The molecule has 4 rings (SSSR count). The highest BCUT2D eigenvalue weighted by atomic mass is 35.5. The molecule has 0 aromatic carbocycles. The molecule has 21 heavy (non-hydrogen) atoms. The van der Waals surface area contributed by atoms with Gasteiger partial charge in [0.25, 0.3) is 0 Å². The minimum Gasteiger partial charge on any atom is -0.121 e. The van der Waals surface area contributed by atoms with Crippen molar-refractivity contribution >= 4 is 23.2 Å². The Kier molecular flexibility index (Phi) is 3.63. The fraction of sp³-hybridized carbons (Fsp3) is 1.00. The van der Waals surface area contributed by atoms with Crippen LogP contribution in [0.2, 0.25) is 0 Å². The van der Waals surface area contributed by atoms with Crippen molar-refractivity contribution in [2.24, 2.45) is 34.5 Å². The van der Waals surface area contributed by atoms with Crippen molar-refractivity contribution in [1.29, 1.82) is 0 Å². The highest BCUT2D eigenvalue weighted by Gasteiger charge is 2.58. The summed E-state index contributed by atoms with van der Waals surface area (Å²) in [6.07, 6.45) is 12.6. The monoisotopic (exact) mass is 328 g/mol. The Hall–Kier alpha value is 0.580. The van der Waals surface area contributed by atoms with Crippen LogP contribution in [0.4, 0.5) is 0 Å². The Bertz CT molecular complexity index is 422. The van der Waals surface area contributed by atoms with Crippen molar-refractivity contribution in [3.63, 3.8) is 0 Å². The first-order valence-electron chi connectivity index (χ1n) is 9.22. The zero-order valence-corrected chi connectivity index (χ0v) is 15.1. The third kappa shape index (κ3) is 2.14. The van der Waals surface area contributed by atoms with Gasteiger partial charge in [0.05, 0.1) is 10.8 Å². The zero-order chi connectivity index (χ0) is 14.8. The number of halogens is 2. The fourth-order valence-corrected chi connectivity index (χ4v) is 7.94. The molecule has 8 atom stereocenters. The second-order valence-electron chi connectivity index (χ2n) is 9.21. The summed E-state index contributed by atoms with van der Waals surface area (Å²) in [6.45, 7) is 5.17. The predicted molar refractivity (Wildman–Crippen MR) is 91.0 cm³/mol. The highest BCUT2D eigenvalue weighted by molar-refractivity contribution is 6.30. The average Bonchev–Trinajstić information content (AvgIpc) is 2.82. The minimum absolute atomic E-state index is 0.198. The van der Waals surface area contributed by atoms with Gasteiger partial charge in [0.1, 0.15) is 0 Å². The van der Waals surface area contributed by atoms with E-state index in [1.54, 1.807) is 0 Å². The summed E-state index contributed by atoms with van der Waals surface area (Å²) in [5, 5.41) is 0.408. The molecule has 0 spiro atoms. The molecule has 4 saturated carbocycles. The molecule has 0 aliphatic heterocycles. The number of rotatable bonds is 0. The van der Waals surface area contributed by atoms with Crippen molar-refractivity contribution < 1.29 is 0 Å². The maximum atomic E-state index is 6.61. The number of hydrogen-bond donors (Lipinski definition) is 0. The molecule has 0 nitrogen and oxygen atoms in total. The first-order valence-corrected chi connectivity index (χ1v) is 10.1. The van der Waals surface area contributed by atoms with Crippen LogP contribution in [-0.4, -0.2) is 10.8 Å². The molecular formula is C19H30Cl2. The minimum atomic E-state index is 0.198. The van der Waals surface area contributed by atoms with Crippen LogP contribution in [0, 0.1) is 34.5 Å². The fourth-order valence-electron chi connectivity index (χ4n) is 7.20. The van der Waals surface area contributed by atoms with Gasteiger partial charge in [-0.15, -0.1) is 23.2 Å². The first kappa shape index (κ1) is 15.1. The van der Waals surface area contributed by atoms with Gasteiger partial charge >= 0.3 is 0 Å². The van der Waals surface area contributed by atoms with Gasteiger partial charge in [-0.3, -0.25) is 0 Å². The molecule has 0 aromatic rings. The predicted octanol–water partition coefficient (Wildman–Crippen LogP) is 6.24. The lowest BCUT2D eigenvalue weighted by Gasteiger charge is -2.61. The quantitative estimate of drug-likeness (QED) is 0.461. The molecule has 4 aliphatic rings. The first-order chi connectivity index (χ1) is 9.94. The van der Waals surface area contributed by atoms with Crippen molar-refractivity contribution in [2.45, 2.75) is 82.4 Å². The van der Waals surface area contributed by atoms with E-state index in [1.807, 2.05) is 0 Å². The number of fused-ring (bicyclic) bond motifs is 5. The van der Waals surface area contributed by atoms with E-state index in [4.69, 9.17) is 23.2 Å². The molecule has 2 heteroatoms. The SMILES string of the molecule is C[C@@]12CCC[C@H]1[C@H]1CC[C@H]3C[C@@H](Cl)[C@H](Cl)C[C@]3(C)[C@H]1CC2. The van der Waals surface area contributed by atoms with Gasteiger partial charge in [0.15, 0.2) is 0 Å². The summed E-state index contributed by atoms with van der Waals surface area (Å²) in [6, 6.07) is 0. The third-order valence-corrected chi connectivity index (χ3v) is 9.45. The maximum Gasteiger partial charge on any atom is 0.0505 e. The van der Waals surface area contributed by atoms with Gasteiger partial charge in [-0.1, -0.05) is 20.3 Å². The molecule has 120 valence electrons. The summed E-state index contributed by atoms with van der Waals surface area (Å²) >= 11 is 13.1. The molecule has 0 aromatic heterocycles. The van der Waals surface area contributed by atoms with E-state index in [0.717, 1.165) is 36.5 Å². The van der Waals surface area contributed by atoms with Gasteiger partial charge < -0.3 is 0 Å².